The minimum atomic E-state index is -0.724. The van der Waals surface area contributed by atoms with Crippen molar-refractivity contribution >= 4 is 29.3 Å². The molecule has 4 heterocycles. The van der Waals surface area contributed by atoms with Crippen molar-refractivity contribution in [2.24, 2.45) is 4.99 Å². The van der Waals surface area contributed by atoms with Crippen LogP contribution in [0.2, 0.25) is 0 Å². The largest absolute Gasteiger partial charge is 0.496 e. The van der Waals surface area contributed by atoms with E-state index in [1.807, 2.05) is 43.3 Å². The number of furan rings is 1. The SMILES string of the molecule is CCCC1=C(C(=O)OCC)C(c2ccccc2OC)n2c(s/c(=C/c3ccc(N4CCN(C)CC4)o3)c2=O)=N1. The Hall–Kier alpha value is -3.63. The lowest BCUT2D eigenvalue weighted by Gasteiger charge is -2.32. The fourth-order valence-electron chi connectivity index (χ4n) is 5.05. The molecule has 3 aromatic rings. The van der Waals surface area contributed by atoms with E-state index in [-0.39, 0.29) is 12.2 Å². The number of carbonyl (C=O) groups is 1. The van der Waals surface area contributed by atoms with Crippen LogP contribution in [-0.4, -0.2) is 62.4 Å². The average molecular weight is 551 g/mol. The van der Waals surface area contributed by atoms with Gasteiger partial charge in [0.05, 0.1) is 29.5 Å². The second-order valence-corrected chi connectivity index (χ2v) is 10.6. The first-order chi connectivity index (χ1) is 18.9. The second-order valence-electron chi connectivity index (χ2n) is 9.62. The van der Waals surface area contributed by atoms with Gasteiger partial charge in [-0.05, 0) is 32.5 Å². The van der Waals surface area contributed by atoms with Crippen molar-refractivity contribution in [2.75, 3.05) is 51.8 Å². The van der Waals surface area contributed by atoms with Gasteiger partial charge in [-0.15, -0.1) is 0 Å². The van der Waals surface area contributed by atoms with Gasteiger partial charge in [0.25, 0.3) is 5.56 Å². The fourth-order valence-corrected chi connectivity index (χ4v) is 6.05. The summed E-state index contributed by atoms with van der Waals surface area (Å²) in [5, 5.41) is 0. The predicted molar refractivity (Wildman–Crippen MR) is 151 cm³/mol. The number of carbonyl (C=O) groups excluding carboxylic acids is 1. The summed E-state index contributed by atoms with van der Waals surface area (Å²) in [6, 6.07) is 10.6. The number of fused-ring (bicyclic) bond motifs is 1. The van der Waals surface area contributed by atoms with E-state index < -0.39 is 12.0 Å². The molecule has 0 spiro atoms. The first-order valence-corrected chi connectivity index (χ1v) is 14.1. The van der Waals surface area contributed by atoms with E-state index in [0.29, 0.717) is 44.1 Å². The number of hydrogen-bond acceptors (Lipinski definition) is 9. The van der Waals surface area contributed by atoms with Crippen LogP contribution in [0.15, 0.2) is 61.9 Å². The van der Waals surface area contributed by atoms with E-state index in [2.05, 4.69) is 16.8 Å². The number of rotatable bonds is 8. The van der Waals surface area contributed by atoms with Gasteiger partial charge in [-0.3, -0.25) is 9.36 Å². The molecule has 0 radical (unpaired) electrons. The maximum atomic E-state index is 13.9. The van der Waals surface area contributed by atoms with Crippen molar-refractivity contribution < 1.29 is 18.7 Å². The summed E-state index contributed by atoms with van der Waals surface area (Å²) in [7, 11) is 3.69. The molecular weight excluding hydrogens is 516 g/mol. The van der Waals surface area contributed by atoms with Gasteiger partial charge in [-0.25, -0.2) is 9.79 Å². The van der Waals surface area contributed by atoms with Crippen LogP contribution in [0.25, 0.3) is 6.08 Å². The van der Waals surface area contributed by atoms with E-state index in [1.54, 1.807) is 24.7 Å². The average Bonchev–Trinajstić information content (AvgIpc) is 3.53. The van der Waals surface area contributed by atoms with Gasteiger partial charge in [-0.1, -0.05) is 42.9 Å². The molecule has 39 heavy (non-hydrogen) atoms. The number of benzene rings is 1. The van der Waals surface area contributed by atoms with E-state index in [0.717, 1.165) is 38.5 Å². The monoisotopic (exact) mass is 550 g/mol. The quantitative estimate of drug-likeness (QED) is 0.399. The number of thiazole rings is 1. The number of aromatic nitrogens is 1. The molecule has 1 aromatic carbocycles. The summed E-state index contributed by atoms with van der Waals surface area (Å²) in [6.07, 6.45) is 3.13. The minimum absolute atomic E-state index is 0.221. The first kappa shape index (κ1) is 27.0. The molecule has 206 valence electrons. The number of piperazine rings is 1. The van der Waals surface area contributed by atoms with Crippen LogP contribution >= 0.6 is 11.3 Å². The Bertz CT molecular complexity index is 1560. The van der Waals surface area contributed by atoms with Crippen molar-refractivity contribution in [3.8, 4) is 5.75 Å². The standard InChI is InChI=1S/C29H34N4O5S/c1-5-9-21-25(28(35)37-6-2)26(20-10-7-8-11-22(20)36-4)33-27(34)23(39-29(33)30-21)18-19-12-13-24(38-19)32-16-14-31(3)15-17-32/h7-8,10-13,18,26H,5-6,9,14-17H2,1-4H3/b23-18+. The zero-order valence-electron chi connectivity index (χ0n) is 22.8. The Kier molecular flexibility index (Phi) is 8.04. The second kappa shape index (κ2) is 11.6. The number of esters is 1. The van der Waals surface area contributed by atoms with E-state index in [1.165, 1.54) is 11.3 Å². The van der Waals surface area contributed by atoms with Crippen LogP contribution in [0.4, 0.5) is 5.88 Å². The molecule has 5 rings (SSSR count). The zero-order chi connectivity index (χ0) is 27.5. The number of likely N-dealkylation sites (N-methyl/N-ethyl adjacent to an activating group) is 1. The molecule has 2 aliphatic rings. The van der Waals surface area contributed by atoms with Crippen LogP contribution < -0.4 is 24.5 Å². The number of ether oxygens (including phenoxy) is 2. The van der Waals surface area contributed by atoms with Crippen molar-refractivity contribution in [3.05, 3.63) is 78.7 Å². The number of allylic oxidation sites excluding steroid dienone is 1. The van der Waals surface area contributed by atoms with Gasteiger partial charge in [0.1, 0.15) is 17.6 Å². The Balaban J connectivity index is 1.64. The van der Waals surface area contributed by atoms with Crippen molar-refractivity contribution in [1.29, 1.82) is 0 Å². The molecule has 0 amide bonds. The number of nitrogens with zero attached hydrogens (tertiary/aromatic N) is 4. The van der Waals surface area contributed by atoms with Gasteiger partial charge in [0.2, 0.25) is 0 Å². The summed E-state index contributed by atoms with van der Waals surface area (Å²) in [5.41, 5.74) is 1.46. The first-order valence-electron chi connectivity index (χ1n) is 13.3. The molecule has 1 fully saturated rings. The lowest BCUT2D eigenvalue weighted by atomic mass is 9.93. The molecule has 0 bridgehead atoms. The summed E-state index contributed by atoms with van der Waals surface area (Å²) >= 11 is 1.29. The summed E-state index contributed by atoms with van der Waals surface area (Å²) in [6.45, 7) is 7.75. The van der Waals surface area contributed by atoms with E-state index >= 15 is 0 Å². The Labute approximate surface area is 231 Å². The van der Waals surface area contributed by atoms with Crippen LogP contribution in [-0.2, 0) is 9.53 Å². The van der Waals surface area contributed by atoms with Crippen molar-refractivity contribution in [2.45, 2.75) is 32.7 Å². The summed E-state index contributed by atoms with van der Waals surface area (Å²) in [4.78, 5) is 37.1. The summed E-state index contributed by atoms with van der Waals surface area (Å²) < 4.78 is 19.3. The van der Waals surface area contributed by atoms with Crippen LogP contribution in [0, 0.1) is 0 Å². The zero-order valence-corrected chi connectivity index (χ0v) is 23.6. The predicted octanol–water partition coefficient (Wildman–Crippen LogP) is 2.93. The lowest BCUT2D eigenvalue weighted by molar-refractivity contribution is -0.139. The third kappa shape index (κ3) is 5.31. The Morgan fingerprint density at radius 1 is 1.15 bits per heavy atom. The Morgan fingerprint density at radius 3 is 2.64 bits per heavy atom. The summed E-state index contributed by atoms with van der Waals surface area (Å²) in [5.74, 6) is 1.50. The molecule has 1 atom stereocenters. The van der Waals surface area contributed by atoms with Gasteiger partial charge in [0.15, 0.2) is 10.7 Å². The Morgan fingerprint density at radius 2 is 1.92 bits per heavy atom. The van der Waals surface area contributed by atoms with E-state index in [4.69, 9.17) is 18.9 Å². The third-order valence-corrected chi connectivity index (χ3v) is 8.01. The molecule has 2 aromatic heterocycles. The molecular formula is C29H34N4O5S. The lowest BCUT2D eigenvalue weighted by Crippen LogP contribution is -2.44. The number of methoxy groups -OCH3 is 1. The van der Waals surface area contributed by atoms with Gasteiger partial charge < -0.3 is 23.7 Å². The van der Waals surface area contributed by atoms with Crippen LogP contribution in [0.3, 0.4) is 0 Å². The molecule has 1 saturated heterocycles. The normalized spacial score (nSPS) is 18.2. The highest BCUT2D eigenvalue weighted by atomic mass is 32.1. The molecule has 9 nitrogen and oxygen atoms in total. The van der Waals surface area contributed by atoms with Crippen molar-refractivity contribution in [1.82, 2.24) is 9.47 Å². The molecule has 2 aliphatic heterocycles. The number of anilines is 1. The van der Waals surface area contributed by atoms with Gasteiger partial charge in [0, 0.05) is 43.9 Å². The molecule has 0 saturated carbocycles. The number of para-hydroxylation sites is 1. The van der Waals surface area contributed by atoms with Gasteiger partial charge >= 0.3 is 5.97 Å². The molecule has 1 unspecified atom stereocenters. The highest BCUT2D eigenvalue weighted by Gasteiger charge is 2.35. The smallest absolute Gasteiger partial charge is 0.338 e. The highest BCUT2D eigenvalue weighted by molar-refractivity contribution is 7.07. The topological polar surface area (TPSA) is 89.5 Å². The molecule has 0 aliphatic carbocycles. The fraction of sp³-hybridized carbons (Fsp3) is 0.414. The maximum Gasteiger partial charge on any atom is 0.338 e. The van der Waals surface area contributed by atoms with Crippen LogP contribution in [0.1, 0.15) is 44.1 Å². The van der Waals surface area contributed by atoms with E-state index in [9.17, 15) is 9.59 Å². The van der Waals surface area contributed by atoms with Crippen molar-refractivity contribution in [3.63, 3.8) is 0 Å². The number of hydrogen-bond donors (Lipinski definition) is 0. The van der Waals surface area contributed by atoms with Crippen LogP contribution in [0.5, 0.6) is 5.75 Å². The van der Waals surface area contributed by atoms with Gasteiger partial charge in [-0.2, -0.15) is 0 Å². The third-order valence-electron chi connectivity index (χ3n) is 7.03. The molecule has 0 N–H and O–H groups in total. The molecule has 10 heteroatoms. The highest BCUT2D eigenvalue weighted by Crippen LogP contribution is 2.36. The minimum Gasteiger partial charge on any atom is -0.496 e. The maximum absolute atomic E-state index is 13.9.